The number of halogens is 1. The number of hydrogen-bond acceptors (Lipinski definition) is 4. The molecule has 0 atom stereocenters. The summed E-state index contributed by atoms with van der Waals surface area (Å²) < 4.78 is 1.01. The van der Waals surface area contributed by atoms with E-state index >= 15 is 0 Å². The molecule has 1 heterocycles. The molecule has 116 valence electrons. The van der Waals surface area contributed by atoms with Crippen LogP contribution in [0.5, 0.6) is 0 Å². The molecule has 0 aliphatic carbocycles. The molecule has 1 N–H and O–H groups in total. The van der Waals surface area contributed by atoms with Crippen LogP contribution in [0.15, 0.2) is 46.9 Å². The van der Waals surface area contributed by atoms with E-state index in [4.69, 9.17) is 0 Å². The lowest BCUT2D eigenvalue weighted by Crippen LogP contribution is -2.14. The summed E-state index contributed by atoms with van der Waals surface area (Å²) in [5.41, 5.74) is 3.55. The highest BCUT2D eigenvalue weighted by Crippen LogP contribution is 2.28. The van der Waals surface area contributed by atoms with Crippen LogP contribution in [0.4, 0.5) is 5.13 Å². The van der Waals surface area contributed by atoms with E-state index < -0.39 is 0 Å². The van der Waals surface area contributed by atoms with E-state index in [1.807, 2.05) is 56.3 Å². The van der Waals surface area contributed by atoms with Gasteiger partial charge in [0.15, 0.2) is 0 Å². The Bertz CT molecular complexity index is 838. The Morgan fingerprint density at radius 2 is 1.70 bits per heavy atom. The summed E-state index contributed by atoms with van der Waals surface area (Å²) in [4.78, 5) is 12.5. The topological polar surface area (TPSA) is 54.9 Å². The van der Waals surface area contributed by atoms with Crippen LogP contribution in [0.1, 0.15) is 21.5 Å². The third-order valence-electron chi connectivity index (χ3n) is 3.44. The Kier molecular flexibility index (Phi) is 4.54. The largest absolute Gasteiger partial charge is 0.296 e. The number of carbonyl (C=O) groups excluding carboxylic acids is 1. The first kappa shape index (κ1) is 15.8. The SMILES string of the molecule is Cc1cccc(C)c1C(=O)Nc1nnc(-c2ccc(Br)cc2)s1. The zero-order valence-corrected chi connectivity index (χ0v) is 15.0. The third-order valence-corrected chi connectivity index (χ3v) is 4.86. The summed E-state index contributed by atoms with van der Waals surface area (Å²) in [5.74, 6) is -0.154. The Morgan fingerprint density at radius 3 is 2.35 bits per heavy atom. The van der Waals surface area contributed by atoms with E-state index in [0.717, 1.165) is 26.2 Å². The smallest absolute Gasteiger partial charge is 0.258 e. The van der Waals surface area contributed by atoms with E-state index in [2.05, 4.69) is 31.4 Å². The molecule has 3 aromatic rings. The molecule has 6 heteroatoms. The van der Waals surface area contributed by atoms with Gasteiger partial charge in [-0.2, -0.15) is 0 Å². The van der Waals surface area contributed by atoms with Crippen molar-refractivity contribution in [1.82, 2.24) is 10.2 Å². The quantitative estimate of drug-likeness (QED) is 0.699. The van der Waals surface area contributed by atoms with Crippen molar-refractivity contribution in [2.24, 2.45) is 0 Å². The van der Waals surface area contributed by atoms with E-state index in [-0.39, 0.29) is 5.91 Å². The van der Waals surface area contributed by atoms with Crippen LogP contribution < -0.4 is 5.32 Å². The molecule has 4 nitrogen and oxygen atoms in total. The number of carbonyl (C=O) groups is 1. The second-order valence-electron chi connectivity index (χ2n) is 5.14. The lowest BCUT2D eigenvalue weighted by Gasteiger charge is -2.08. The van der Waals surface area contributed by atoms with E-state index in [9.17, 15) is 4.79 Å². The normalized spacial score (nSPS) is 10.6. The number of benzene rings is 2. The average molecular weight is 388 g/mol. The summed E-state index contributed by atoms with van der Waals surface area (Å²) in [6.45, 7) is 3.85. The summed E-state index contributed by atoms with van der Waals surface area (Å²) in [6.07, 6.45) is 0. The minimum atomic E-state index is -0.154. The molecule has 3 rings (SSSR count). The van der Waals surface area contributed by atoms with Gasteiger partial charge in [-0.25, -0.2) is 0 Å². The van der Waals surface area contributed by atoms with Gasteiger partial charge in [-0.15, -0.1) is 10.2 Å². The fourth-order valence-corrected chi connectivity index (χ4v) is 3.32. The summed E-state index contributed by atoms with van der Waals surface area (Å²) in [6, 6.07) is 13.6. The Hall–Kier alpha value is -2.05. The van der Waals surface area contributed by atoms with Crippen LogP contribution in [0.3, 0.4) is 0 Å². The molecule has 0 aliphatic heterocycles. The van der Waals surface area contributed by atoms with Gasteiger partial charge < -0.3 is 0 Å². The van der Waals surface area contributed by atoms with Crippen LogP contribution in [0, 0.1) is 13.8 Å². The van der Waals surface area contributed by atoms with Crippen LogP contribution in [-0.2, 0) is 0 Å². The predicted molar refractivity (Wildman–Crippen MR) is 96.9 cm³/mol. The maximum atomic E-state index is 12.5. The minimum absolute atomic E-state index is 0.154. The summed E-state index contributed by atoms with van der Waals surface area (Å²) in [5, 5.41) is 12.3. The fourth-order valence-electron chi connectivity index (χ4n) is 2.32. The van der Waals surface area contributed by atoms with Gasteiger partial charge in [0.05, 0.1) is 0 Å². The Labute approximate surface area is 146 Å². The predicted octanol–water partition coefficient (Wildman–Crippen LogP) is 4.84. The molecule has 0 saturated carbocycles. The summed E-state index contributed by atoms with van der Waals surface area (Å²) >= 11 is 4.76. The van der Waals surface area contributed by atoms with Gasteiger partial charge in [0.2, 0.25) is 5.13 Å². The molecule has 23 heavy (non-hydrogen) atoms. The van der Waals surface area contributed by atoms with Crippen LogP contribution in [-0.4, -0.2) is 16.1 Å². The van der Waals surface area contributed by atoms with E-state index in [1.54, 1.807) is 0 Å². The van der Waals surface area contributed by atoms with Crippen molar-refractivity contribution >= 4 is 38.3 Å². The second-order valence-corrected chi connectivity index (χ2v) is 7.03. The molecule has 1 aromatic heterocycles. The van der Waals surface area contributed by atoms with Gasteiger partial charge in [0, 0.05) is 15.6 Å². The van der Waals surface area contributed by atoms with Crippen molar-refractivity contribution < 1.29 is 4.79 Å². The van der Waals surface area contributed by atoms with Crippen LogP contribution in [0.2, 0.25) is 0 Å². The first-order valence-electron chi connectivity index (χ1n) is 7.01. The number of aromatic nitrogens is 2. The lowest BCUT2D eigenvalue weighted by atomic mass is 10.0. The van der Waals surface area contributed by atoms with Crippen molar-refractivity contribution in [3.05, 3.63) is 63.6 Å². The number of rotatable bonds is 3. The molecule has 0 saturated heterocycles. The van der Waals surface area contributed by atoms with Crippen LogP contribution >= 0.6 is 27.3 Å². The molecule has 2 aromatic carbocycles. The highest BCUT2D eigenvalue weighted by molar-refractivity contribution is 9.10. The fraction of sp³-hybridized carbons (Fsp3) is 0.118. The maximum absolute atomic E-state index is 12.5. The van der Waals surface area contributed by atoms with Crippen molar-refractivity contribution in [2.45, 2.75) is 13.8 Å². The molecule has 0 bridgehead atoms. The number of nitrogens with zero attached hydrogens (tertiary/aromatic N) is 2. The Morgan fingerprint density at radius 1 is 1.04 bits per heavy atom. The van der Waals surface area contributed by atoms with E-state index in [0.29, 0.717) is 10.7 Å². The summed E-state index contributed by atoms with van der Waals surface area (Å²) in [7, 11) is 0. The molecule has 0 unspecified atom stereocenters. The monoisotopic (exact) mass is 387 g/mol. The zero-order valence-electron chi connectivity index (χ0n) is 12.6. The molecule has 0 spiro atoms. The molecular formula is C17H14BrN3OS. The van der Waals surface area contributed by atoms with Crippen LogP contribution in [0.25, 0.3) is 10.6 Å². The maximum Gasteiger partial charge on any atom is 0.258 e. The number of hydrogen-bond donors (Lipinski definition) is 1. The van der Waals surface area contributed by atoms with Crippen molar-refractivity contribution in [3.63, 3.8) is 0 Å². The number of amides is 1. The van der Waals surface area contributed by atoms with Gasteiger partial charge >= 0.3 is 0 Å². The standard InChI is InChI=1S/C17H14BrN3OS/c1-10-4-3-5-11(2)14(10)15(22)19-17-21-20-16(23-17)12-6-8-13(18)9-7-12/h3-9H,1-2H3,(H,19,21,22). The van der Waals surface area contributed by atoms with Gasteiger partial charge in [0.1, 0.15) is 5.01 Å². The average Bonchev–Trinajstić information content (AvgIpc) is 2.96. The number of nitrogens with one attached hydrogen (secondary N) is 1. The number of aryl methyl sites for hydroxylation is 2. The van der Waals surface area contributed by atoms with Crippen molar-refractivity contribution in [3.8, 4) is 10.6 Å². The number of anilines is 1. The third kappa shape index (κ3) is 3.48. The molecule has 0 aliphatic rings. The minimum Gasteiger partial charge on any atom is -0.296 e. The zero-order chi connectivity index (χ0) is 16.4. The van der Waals surface area contributed by atoms with Gasteiger partial charge in [-0.05, 0) is 37.1 Å². The molecule has 0 radical (unpaired) electrons. The van der Waals surface area contributed by atoms with Gasteiger partial charge in [-0.1, -0.05) is 57.6 Å². The molecule has 1 amide bonds. The Balaban J connectivity index is 1.82. The first-order chi connectivity index (χ1) is 11.0. The second kappa shape index (κ2) is 6.60. The first-order valence-corrected chi connectivity index (χ1v) is 8.62. The van der Waals surface area contributed by atoms with Crippen molar-refractivity contribution in [2.75, 3.05) is 5.32 Å². The molecule has 0 fully saturated rings. The highest BCUT2D eigenvalue weighted by atomic mass is 79.9. The van der Waals surface area contributed by atoms with Gasteiger partial charge in [-0.3, -0.25) is 10.1 Å². The molecular weight excluding hydrogens is 374 g/mol. The van der Waals surface area contributed by atoms with E-state index in [1.165, 1.54) is 11.3 Å². The highest BCUT2D eigenvalue weighted by Gasteiger charge is 2.14. The van der Waals surface area contributed by atoms with Gasteiger partial charge in [0.25, 0.3) is 5.91 Å². The van der Waals surface area contributed by atoms with Crippen molar-refractivity contribution in [1.29, 1.82) is 0 Å². The lowest BCUT2D eigenvalue weighted by molar-refractivity contribution is 0.102.